The van der Waals surface area contributed by atoms with Gasteiger partial charge in [0.1, 0.15) is 17.9 Å². The maximum atomic E-state index is 14.2. The predicted molar refractivity (Wildman–Crippen MR) is 80.4 cm³/mol. The second kappa shape index (κ2) is 5.40. The molecule has 0 bridgehead atoms. The Balaban J connectivity index is 2.01. The SMILES string of the molecule is CC1C(=O)N2CCCCC2C(=O)N1c1ccc(Br)cc1F. The zero-order valence-corrected chi connectivity index (χ0v) is 13.3. The van der Waals surface area contributed by atoms with Crippen molar-refractivity contribution in [3.8, 4) is 0 Å². The molecule has 2 fully saturated rings. The van der Waals surface area contributed by atoms with Crippen LogP contribution in [0.1, 0.15) is 26.2 Å². The van der Waals surface area contributed by atoms with Crippen LogP contribution in [0.15, 0.2) is 22.7 Å². The Morgan fingerprint density at radius 3 is 2.71 bits per heavy atom. The van der Waals surface area contributed by atoms with Crippen molar-refractivity contribution < 1.29 is 14.0 Å². The van der Waals surface area contributed by atoms with Crippen LogP contribution in [0.4, 0.5) is 10.1 Å². The van der Waals surface area contributed by atoms with Crippen LogP contribution in [-0.2, 0) is 9.59 Å². The number of rotatable bonds is 1. The van der Waals surface area contributed by atoms with Crippen LogP contribution in [-0.4, -0.2) is 35.3 Å². The van der Waals surface area contributed by atoms with Crippen molar-refractivity contribution in [2.24, 2.45) is 0 Å². The van der Waals surface area contributed by atoms with Crippen molar-refractivity contribution in [1.82, 2.24) is 4.90 Å². The number of piperidine rings is 1. The maximum Gasteiger partial charge on any atom is 0.250 e. The molecule has 0 radical (unpaired) electrons. The van der Waals surface area contributed by atoms with Gasteiger partial charge in [-0.05, 0) is 44.4 Å². The van der Waals surface area contributed by atoms with Gasteiger partial charge in [-0.2, -0.15) is 0 Å². The summed E-state index contributed by atoms with van der Waals surface area (Å²) in [6.45, 7) is 2.28. The summed E-state index contributed by atoms with van der Waals surface area (Å²) in [5, 5.41) is 0. The number of fused-ring (bicyclic) bond motifs is 1. The Morgan fingerprint density at radius 2 is 2.00 bits per heavy atom. The van der Waals surface area contributed by atoms with E-state index in [2.05, 4.69) is 15.9 Å². The first kappa shape index (κ1) is 14.5. The third-order valence-electron chi connectivity index (χ3n) is 4.22. The molecule has 21 heavy (non-hydrogen) atoms. The Hall–Kier alpha value is -1.43. The zero-order chi connectivity index (χ0) is 15.1. The second-order valence-corrected chi connectivity index (χ2v) is 6.44. The van der Waals surface area contributed by atoms with E-state index >= 15 is 0 Å². The highest BCUT2D eigenvalue weighted by Gasteiger charge is 2.45. The van der Waals surface area contributed by atoms with Gasteiger partial charge >= 0.3 is 0 Å². The summed E-state index contributed by atoms with van der Waals surface area (Å²) in [4.78, 5) is 28.1. The molecule has 0 saturated carbocycles. The monoisotopic (exact) mass is 354 g/mol. The van der Waals surface area contributed by atoms with E-state index in [9.17, 15) is 14.0 Å². The molecule has 1 aromatic rings. The Bertz CT molecular complexity index is 607. The van der Waals surface area contributed by atoms with E-state index in [-0.39, 0.29) is 17.5 Å². The zero-order valence-electron chi connectivity index (χ0n) is 11.7. The molecule has 1 aromatic carbocycles. The largest absolute Gasteiger partial charge is 0.329 e. The van der Waals surface area contributed by atoms with E-state index in [1.54, 1.807) is 24.0 Å². The average Bonchev–Trinajstić information content (AvgIpc) is 2.47. The molecule has 3 rings (SSSR count). The first-order valence-corrected chi connectivity index (χ1v) is 7.88. The molecule has 2 saturated heterocycles. The smallest absolute Gasteiger partial charge is 0.250 e. The first-order valence-electron chi connectivity index (χ1n) is 7.09. The standard InChI is InChI=1S/C15H16BrFN2O2/c1-9-14(20)18-7-3-2-4-13(18)15(21)19(9)12-6-5-10(16)8-11(12)17/h5-6,8-9,13H,2-4,7H2,1H3. The third-order valence-corrected chi connectivity index (χ3v) is 4.72. The Labute approximate surface area is 131 Å². The maximum absolute atomic E-state index is 14.2. The quantitative estimate of drug-likeness (QED) is 0.777. The summed E-state index contributed by atoms with van der Waals surface area (Å²) >= 11 is 3.20. The van der Waals surface area contributed by atoms with Gasteiger partial charge in [0.15, 0.2) is 0 Å². The van der Waals surface area contributed by atoms with Crippen molar-refractivity contribution in [1.29, 1.82) is 0 Å². The fourth-order valence-electron chi connectivity index (χ4n) is 3.16. The van der Waals surface area contributed by atoms with Crippen LogP contribution < -0.4 is 4.90 Å². The van der Waals surface area contributed by atoms with Crippen LogP contribution in [0.2, 0.25) is 0 Å². The number of anilines is 1. The second-order valence-electron chi connectivity index (χ2n) is 5.52. The molecule has 2 atom stereocenters. The van der Waals surface area contributed by atoms with Crippen LogP contribution >= 0.6 is 15.9 Å². The summed E-state index contributed by atoms with van der Waals surface area (Å²) in [6, 6.07) is 3.43. The number of carbonyl (C=O) groups is 2. The first-order chi connectivity index (χ1) is 10.0. The molecule has 2 amide bonds. The van der Waals surface area contributed by atoms with E-state index in [1.165, 1.54) is 11.0 Å². The van der Waals surface area contributed by atoms with Gasteiger partial charge in [-0.1, -0.05) is 15.9 Å². The number of piperazine rings is 1. The van der Waals surface area contributed by atoms with Gasteiger partial charge in [-0.15, -0.1) is 0 Å². The number of hydrogen-bond donors (Lipinski definition) is 0. The predicted octanol–water partition coefficient (Wildman–Crippen LogP) is 2.70. The lowest BCUT2D eigenvalue weighted by molar-refractivity contribution is -0.147. The number of benzene rings is 1. The van der Waals surface area contributed by atoms with E-state index in [4.69, 9.17) is 0 Å². The van der Waals surface area contributed by atoms with E-state index in [1.807, 2.05) is 0 Å². The molecule has 4 nitrogen and oxygen atoms in total. The van der Waals surface area contributed by atoms with Gasteiger partial charge in [-0.25, -0.2) is 4.39 Å². The molecule has 2 aliphatic rings. The molecule has 0 aliphatic carbocycles. The van der Waals surface area contributed by atoms with Crippen LogP contribution in [0.5, 0.6) is 0 Å². The summed E-state index contributed by atoms with van der Waals surface area (Å²) < 4.78 is 14.8. The Morgan fingerprint density at radius 1 is 1.24 bits per heavy atom. The van der Waals surface area contributed by atoms with E-state index < -0.39 is 17.9 Å². The molecule has 2 aliphatic heterocycles. The molecule has 2 heterocycles. The van der Waals surface area contributed by atoms with Crippen molar-refractivity contribution in [3.63, 3.8) is 0 Å². The van der Waals surface area contributed by atoms with Crippen LogP contribution in [0.3, 0.4) is 0 Å². The molecule has 2 unspecified atom stereocenters. The van der Waals surface area contributed by atoms with Gasteiger partial charge in [0, 0.05) is 11.0 Å². The molecular formula is C15H16BrFN2O2. The summed E-state index contributed by atoms with van der Waals surface area (Å²) in [7, 11) is 0. The highest BCUT2D eigenvalue weighted by atomic mass is 79.9. The highest BCUT2D eigenvalue weighted by Crippen LogP contribution is 2.32. The number of carbonyl (C=O) groups excluding carboxylic acids is 2. The van der Waals surface area contributed by atoms with E-state index in [0.717, 1.165) is 12.8 Å². The molecule has 0 spiro atoms. The fraction of sp³-hybridized carbons (Fsp3) is 0.467. The van der Waals surface area contributed by atoms with Crippen molar-refractivity contribution in [2.75, 3.05) is 11.4 Å². The van der Waals surface area contributed by atoms with Crippen LogP contribution in [0, 0.1) is 5.82 Å². The number of halogens is 2. The summed E-state index contributed by atoms with van der Waals surface area (Å²) in [5.41, 5.74) is 0.175. The Kier molecular flexibility index (Phi) is 3.73. The summed E-state index contributed by atoms with van der Waals surface area (Å²) in [5.74, 6) is -0.772. The third kappa shape index (κ3) is 2.35. The van der Waals surface area contributed by atoms with Gasteiger partial charge in [-0.3, -0.25) is 14.5 Å². The normalized spacial score (nSPS) is 26.0. The van der Waals surface area contributed by atoms with Gasteiger partial charge < -0.3 is 4.90 Å². The van der Waals surface area contributed by atoms with E-state index in [0.29, 0.717) is 17.4 Å². The molecule has 0 aromatic heterocycles. The van der Waals surface area contributed by atoms with Gasteiger partial charge in [0.25, 0.3) is 5.91 Å². The highest BCUT2D eigenvalue weighted by molar-refractivity contribution is 9.10. The molecular weight excluding hydrogens is 339 g/mol. The van der Waals surface area contributed by atoms with Crippen molar-refractivity contribution in [3.05, 3.63) is 28.5 Å². The minimum atomic E-state index is -0.664. The molecule has 0 N–H and O–H groups in total. The number of amides is 2. The number of nitrogens with zero attached hydrogens (tertiary/aromatic N) is 2. The molecule has 6 heteroatoms. The lowest BCUT2D eigenvalue weighted by Gasteiger charge is -2.46. The topological polar surface area (TPSA) is 40.6 Å². The summed E-state index contributed by atoms with van der Waals surface area (Å²) in [6.07, 6.45) is 2.51. The minimum absolute atomic E-state index is 0.0957. The van der Waals surface area contributed by atoms with Gasteiger partial charge in [0.05, 0.1) is 5.69 Å². The number of hydrogen-bond acceptors (Lipinski definition) is 2. The lowest BCUT2D eigenvalue weighted by Crippen LogP contribution is -2.65. The lowest BCUT2D eigenvalue weighted by atomic mass is 9.95. The van der Waals surface area contributed by atoms with Gasteiger partial charge in [0.2, 0.25) is 5.91 Å². The fourth-order valence-corrected chi connectivity index (χ4v) is 3.49. The minimum Gasteiger partial charge on any atom is -0.329 e. The van der Waals surface area contributed by atoms with Crippen molar-refractivity contribution >= 4 is 33.4 Å². The van der Waals surface area contributed by atoms with Crippen LogP contribution in [0.25, 0.3) is 0 Å². The van der Waals surface area contributed by atoms with Crippen molar-refractivity contribution in [2.45, 2.75) is 38.3 Å². The average molecular weight is 355 g/mol. The molecule has 112 valence electrons.